The van der Waals surface area contributed by atoms with Crippen molar-refractivity contribution < 1.29 is 18.7 Å². The number of benzene rings is 2. The lowest BCUT2D eigenvalue weighted by molar-refractivity contribution is -0.140. The molecule has 0 radical (unpaired) electrons. The summed E-state index contributed by atoms with van der Waals surface area (Å²) in [5.74, 6) is 0.853. The highest BCUT2D eigenvalue weighted by atomic mass is 19.1. The fourth-order valence-corrected chi connectivity index (χ4v) is 4.61. The van der Waals surface area contributed by atoms with Gasteiger partial charge in [-0.15, -0.1) is 0 Å². The first-order valence-corrected chi connectivity index (χ1v) is 10.6. The second-order valence-corrected chi connectivity index (χ2v) is 8.06. The van der Waals surface area contributed by atoms with Crippen LogP contribution in [0.15, 0.2) is 48.5 Å². The van der Waals surface area contributed by atoms with Gasteiger partial charge in [-0.25, -0.2) is 4.39 Å². The third-order valence-electron chi connectivity index (χ3n) is 6.29. The molecule has 2 aromatic rings. The lowest BCUT2D eigenvalue weighted by Gasteiger charge is -2.31. The summed E-state index contributed by atoms with van der Waals surface area (Å²) in [6.45, 7) is 2.96. The molecule has 3 atom stereocenters. The van der Waals surface area contributed by atoms with Gasteiger partial charge in [-0.2, -0.15) is 0 Å². The highest BCUT2D eigenvalue weighted by molar-refractivity contribution is 5.80. The summed E-state index contributed by atoms with van der Waals surface area (Å²) in [5, 5.41) is 3.49. The first-order chi connectivity index (χ1) is 14.7. The number of hydrogen-bond donors (Lipinski definition) is 1. The van der Waals surface area contributed by atoms with Crippen molar-refractivity contribution >= 4 is 5.91 Å². The Morgan fingerprint density at radius 1 is 1.13 bits per heavy atom. The first kappa shape index (κ1) is 20.8. The Labute approximate surface area is 177 Å². The zero-order valence-electron chi connectivity index (χ0n) is 17.4. The Hall–Kier alpha value is -2.44. The lowest BCUT2D eigenvalue weighted by Crippen LogP contribution is -2.44. The predicted molar refractivity (Wildman–Crippen MR) is 113 cm³/mol. The highest BCUT2D eigenvalue weighted by Crippen LogP contribution is 2.41. The van der Waals surface area contributed by atoms with Gasteiger partial charge in [-0.05, 0) is 42.5 Å². The van der Waals surface area contributed by atoms with Crippen molar-refractivity contribution in [3.63, 3.8) is 0 Å². The molecule has 2 aromatic carbocycles. The van der Waals surface area contributed by atoms with Crippen LogP contribution in [0.25, 0.3) is 0 Å². The summed E-state index contributed by atoms with van der Waals surface area (Å²) in [5.41, 5.74) is 1.80. The third-order valence-corrected chi connectivity index (χ3v) is 6.29. The first-order valence-electron chi connectivity index (χ1n) is 10.6. The van der Waals surface area contributed by atoms with E-state index in [9.17, 15) is 9.18 Å². The monoisotopic (exact) mass is 412 g/mol. The van der Waals surface area contributed by atoms with E-state index in [1.54, 1.807) is 19.2 Å². The van der Waals surface area contributed by atoms with Crippen LogP contribution >= 0.6 is 0 Å². The molecular formula is C24H29FN2O3. The molecule has 2 aliphatic rings. The quantitative estimate of drug-likeness (QED) is 0.791. The van der Waals surface area contributed by atoms with Crippen molar-refractivity contribution in [3.8, 4) is 5.75 Å². The van der Waals surface area contributed by atoms with Crippen molar-refractivity contribution in [2.24, 2.45) is 5.92 Å². The molecule has 2 fully saturated rings. The topological polar surface area (TPSA) is 50.8 Å². The fourth-order valence-electron chi connectivity index (χ4n) is 4.61. The van der Waals surface area contributed by atoms with Gasteiger partial charge in [0, 0.05) is 37.2 Å². The number of nitrogens with one attached hydrogen (secondary N) is 1. The molecule has 0 aromatic heterocycles. The molecule has 1 saturated heterocycles. The van der Waals surface area contributed by atoms with E-state index >= 15 is 0 Å². The molecule has 1 aliphatic heterocycles. The maximum atomic E-state index is 14.0. The van der Waals surface area contributed by atoms with Gasteiger partial charge >= 0.3 is 0 Å². The number of morpholine rings is 1. The molecule has 0 bridgehead atoms. The van der Waals surface area contributed by atoms with Gasteiger partial charge in [0.05, 0.1) is 20.3 Å². The van der Waals surface area contributed by atoms with E-state index in [1.165, 1.54) is 6.07 Å². The summed E-state index contributed by atoms with van der Waals surface area (Å²) in [6, 6.07) is 15.0. The van der Waals surface area contributed by atoms with Crippen LogP contribution in [0.4, 0.5) is 4.39 Å². The number of carbonyl (C=O) groups is 1. The fraction of sp³-hybridized carbons (Fsp3) is 0.458. The minimum Gasteiger partial charge on any atom is -0.497 e. The van der Waals surface area contributed by atoms with Crippen LogP contribution in [0.5, 0.6) is 5.75 Å². The molecule has 4 rings (SSSR count). The number of ether oxygens (including phenoxy) is 2. The number of rotatable bonds is 6. The van der Waals surface area contributed by atoms with Gasteiger partial charge in [0.15, 0.2) is 0 Å². The van der Waals surface area contributed by atoms with Crippen LogP contribution < -0.4 is 10.1 Å². The van der Waals surface area contributed by atoms with Crippen molar-refractivity contribution in [1.82, 2.24) is 10.2 Å². The summed E-state index contributed by atoms with van der Waals surface area (Å²) in [7, 11) is 1.65. The van der Waals surface area contributed by atoms with E-state index in [0.29, 0.717) is 38.4 Å². The van der Waals surface area contributed by atoms with Gasteiger partial charge in [-0.1, -0.05) is 30.3 Å². The van der Waals surface area contributed by atoms with Crippen molar-refractivity contribution in [3.05, 3.63) is 65.5 Å². The molecule has 0 spiro atoms. The van der Waals surface area contributed by atoms with Crippen molar-refractivity contribution in [2.75, 3.05) is 33.4 Å². The Morgan fingerprint density at radius 2 is 1.87 bits per heavy atom. The molecule has 0 unspecified atom stereocenters. The molecule has 160 valence electrons. The van der Waals surface area contributed by atoms with Crippen LogP contribution in [-0.2, 0) is 16.1 Å². The minimum atomic E-state index is -0.198. The molecule has 5 nitrogen and oxygen atoms in total. The van der Waals surface area contributed by atoms with Gasteiger partial charge in [0.2, 0.25) is 5.91 Å². The van der Waals surface area contributed by atoms with Crippen LogP contribution in [0.2, 0.25) is 0 Å². The van der Waals surface area contributed by atoms with Gasteiger partial charge < -0.3 is 19.7 Å². The van der Waals surface area contributed by atoms with E-state index in [2.05, 4.69) is 17.4 Å². The standard InChI is InChI=1S/C24H29FN2O3/c1-29-20-8-6-17(7-9-20)21-14-19(26-16-18-4-2-3-5-23(18)25)15-22(21)24(28)27-10-12-30-13-11-27/h2-9,19,21-22,26H,10-16H2,1H3/t19-,21+,22-/m0/s1. The molecule has 1 heterocycles. The predicted octanol–water partition coefficient (Wildman–Crippen LogP) is 3.35. The lowest BCUT2D eigenvalue weighted by atomic mass is 9.88. The van der Waals surface area contributed by atoms with E-state index in [4.69, 9.17) is 9.47 Å². The average Bonchev–Trinajstić information content (AvgIpc) is 3.23. The molecule has 1 saturated carbocycles. The van der Waals surface area contributed by atoms with E-state index in [1.807, 2.05) is 23.1 Å². The number of hydrogen-bond acceptors (Lipinski definition) is 4. The van der Waals surface area contributed by atoms with E-state index in [0.717, 1.165) is 24.2 Å². The van der Waals surface area contributed by atoms with Gasteiger partial charge in [0.1, 0.15) is 11.6 Å². The summed E-state index contributed by atoms with van der Waals surface area (Å²) in [4.78, 5) is 15.3. The van der Waals surface area contributed by atoms with E-state index < -0.39 is 0 Å². The second-order valence-electron chi connectivity index (χ2n) is 8.06. The van der Waals surface area contributed by atoms with Crippen molar-refractivity contribution in [2.45, 2.75) is 31.3 Å². The number of nitrogens with zero attached hydrogens (tertiary/aromatic N) is 1. The zero-order valence-corrected chi connectivity index (χ0v) is 17.4. The smallest absolute Gasteiger partial charge is 0.226 e. The maximum Gasteiger partial charge on any atom is 0.226 e. The van der Waals surface area contributed by atoms with Crippen molar-refractivity contribution in [1.29, 1.82) is 0 Å². The maximum absolute atomic E-state index is 14.0. The third kappa shape index (κ3) is 4.65. The average molecular weight is 413 g/mol. The second kappa shape index (κ2) is 9.58. The zero-order chi connectivity index (χ0) is 20.9. The molecular weight excluding hydrogens is 383 g/mol. The van der Waals surface area contributed by atoms with Crippen LogP contribution in [-0.4, -0.2) is 50.3 Å². The highest BCUT2D eigenvalue weighted by Gasteiger charge is 2.41. The van der Waals surface area contributed by atoms with Gasteiger partial charge in [-0.3, -0.25) is 4.79 Å². The molecule has 6 heteroatoms. The largest absolute Gasteiger partial charge is 0.497 e. The summed E-state index contributed by atoms with van der Waals surface area (Å²) in [6.07, 6.45) is 1.60. The van der Waals surface area contributed by atoms with Crippen LogP contribution in [0, 0.1) is 11.7 Å². The van der Waals surface area contributed by atoms with E-state index in [-0.39, 0.29) is 29.6 Å². The van der Waals surface area contributed by atoms with Gasteiger partial charge in [0.25, 0.3) is 0 Å². The Morgan fingerprint density at radius 3 is 2.57 bits per heavy atom. The summed E-state index contributed by atoms with van der Waals surface area (Å²) >= 11 is 0. The van der Waals surface area contributed by atoms with Crippen LogP contribution in [0.1, 0.15) is 29.9 Å². The Balaban J connectivity index is 1.50. The summed E-state index contributed by atoms with van der Waals surface area (Å²) < 4.78 is 24.7. The SMILES string of the molecule is COc1ccc([C@H]2C[C@H](NCc3ccccc3F)C[C@@H]2C(=O)N2CCOCC2)cc1. The Bertz CT molecular complexity index is 852. The molecule has 1 N–H and O–H groups in total. The molecule has 1 aliphatic carbocycles. The molecule has 30 heavy (non-hydrogen) atoms. The number of amides is 1. The minimum absolute atomic E-state index is 0.0883. The molecule has 1 amide bonds. The number of methoxy groups -OCH3 is 1. The Kier molecular flexibility index (Phi) is 6.65. The normalized spacial score (nSPS) is 24.1. The number of carbonyl (C=O) groups excluding carboxylic acids is 1. The number of halogens is 1. The van der Waals surface area contributed by atoms with Crippen LogP contribution in [0.3, 0.4) is 0 Å².